The third kappa shape index (κ3) is 4.81. The van der Waals surface area contributed by atoms with Crippen LogP contribution in [0.2, 0.25) is 0 Å². The lowest BCUT2D eigenvalue weighted by molar-refractivity contribution is 0.251. The molecule has 1 saturated heterocycles. The molecule has 3 rings (SSSR count). The molecule has 6 heteroatoms. The van der Waals surface area contributed by atoms with Gasteiger partial charge in [-0.25, -0.2) is 9.78 Å². The number of piperazine rings is 1. The summed E-state index contributed by atoms with van der Waals surface area (Å²) in [6.07, 6.45) is 3.60. The van der Waals surface area contributed by atoms with E-state index < -0.39 is 0 Å². The molecular formula is C22H31N5O. The number of benzene rings is 1. The van der Waals surface area contributed by atoms with Gasteiger partial charge in [0, 0.05) is 50.2 Å². The summed E-state index contributed by atoms with van der Waals surface area (Å²) in [5.74, 6) is 0.971. The zero-order chi connectivity index (χ0) is 19.9. The van der Waals surface area contributed by atoms with Crippen LogP contribution in [0.25, 0.3) is 0 Å². The Bertz CT molecular complexity index is 777. The molecule has 6 nitrogen and oxygen atoms in total. The van der Waals surface area contributed by atoms with Gasteiger partial charge in [-0.1, -0.05) is 38.1 Å². The van der Waals surface area contributed by atoms with Crippen LogP contribution in [-0.2, 0) is 19.4 Å². The smallest absolute Gasteiger partial charge is 0.319 e. The van der Waals surface area contributed by atoms with E-state index in [1.165, 1.54) is 0 Å². The monoisotopic (exact) mass is 381 g/mol. The summed E-state index contributed by atoms with van der Waals surface area (Å²) in [7, 11) is 2.14. The molecule has 150 valence electrons. The Morgan fingerprint density at radius 1 is 1.00 bits per heavy atom. The highest BCUT2D eigenvalue weighted by Gasteiger charge is 2.18. The van der Waals surface area contributed by atoms with E-state index in [-0.39, 0.29) is 6.03 Å². The van der Waals surface area contributed by atoms with E-state index in [2.05, 4.69) is 64.5 Å². The number of pyridine rings is 1. The predicted octanol–water partition coefficient (Wildman–Crippen LogP) is 3.28. The maximum absolute atomic E-state index is 12.6. The summed E-state index contributed by atoms with van der Waals surface area (Å²) >= 11 is 0. The summed E-state index contributed by atoms with van der Waals surface area (Å²) in [4.78, 5) is 21.8. The Morgan fingerprint density at radius 3 is 2.29 bits per heavy atom. The molecule has 2 N–H and O–H groups in total. The van der Waals surface area contributed by atoms with Gasteiger partial charge in [-0.05, 0) is 37.1 Å². The van der Waals surface area contributed by atoms with E-state index in [0.29, 0.717) is 6.54 Å². The van der Waals surface area contributed by atoms with E-state index in [4.69, 9.17) is 0 Å². The number of urea groups is 1. The number of hydrogen-bond acceptors (Lipinski definition) is 4. The average Bonchev–Trinajstić information content (AvgIpc) is 2.73. The molecule has 0 saturated carbocycles. The summed E-state index contributed by atoms with van der Waals surface area (Å²) < 4.78 is 0. The molecule has 0 radical (unpaired) electrons. The van der Waals surface area contributed by atoms with Crippen LogP contribution in [0.4, 0.5) is 16.3 Å². The van der Waals surface area contributed by atoms with Crippen molar-refractivity contribution in [2.75, 3.05) is 43.4 Å². The number of carbonyl (C=O) groups excluding carboxylic acids is 1. The molecule has 2 heterocycles. The fourth-order valence-electron chi connectivity index (χ4n) is 3.61. The third-order valence-electron chi connectivity index (χ3n) is 5.35. The summed E-state index contributed by atoms with van der Waals surface area (Å²) in [6, 6.07) is 9.99. The minimum Gasteiger partial charge on any atom is -0.354 e. The molecule has 2 amide bonds. The fourth-order valence-corrected chi connectivity index (χ4v) is 3.61. The fraction of sp³-hybridized carbons (Fsp3) is 0.455. The van der Waals surface area contributed by atoms with Crippen LogP contribution in [0.5, 0.6) is 0 Å². The van der Waals surface area contributed by atoms with Gasteiger partial charge in [-0.15, -0.1) is 0 Å². The molecule has 28 heavy (non-hydrogen) atoms. The molecule has 1 aromatic carbocycles. The number of aryl methyl sites for hydroxylation is 2. The van der Waals surface area contributed by atoms with Crippen molar-refractivity contribution in [2.24, 2.45) is 0 Å². The zero-order valence-electron chi connectivity index (χ0n) is 17.2. The minimum atomic E-state index is -0.177. The molecule has 0 atom stereocenters. The number of hydrogen-bond donors (Lipinski definition) is 2. The first-order chi connectivity index (χ1) is 13.6. The van der Waals surface area contributed by atoms with Crippen molar-refractivity contribution in [3.63, 3.8) is 0 Å². The van der Waals surface area contributed by atoms with Crippen molar-refractivity contribution in [2.45, 2.75) is 33.2 Å². The van der Waals surface area contributed by atoms with Crippen LogP contribution in [-0.4, -0.2) is 49.1 Å². The van der Waals surface area contributed by atoms with E-state index in [1.54, 1.807) is 0 Å². The molecule has 0 spiro atoms. The SMILES string of the molecule is CCc1cccc(CC)c1NC(=O)NCc1cccnc1N1CCN(C)CC1. The van der Waals surface area contributed by atoms with Gasteiger partial charge in [0.25, 0.3) is 0 Å². The Labute approximate surface area is 167 Å². The van der Waals surface area contributed by atoms with Gasteiger partial charge in [-0.3, -0.25) is 0 Å². The Morgan fingerprint density at radius 2 is 1.64 bits per heavy atom. The maximum Gasteiger partial charge on any atom is 0.319 e. The molecular weight excluding hydrogens is 350 g/mol. The molecule has 1 aliphatic rings. The summed E-state index contributed by atoms with van der Waals surface area (Å²) in [5.41, 5.74) is 4.31. The Kier molecular flexibility index (Phi) is 6.87. The van der Waals surface area contributed by atoms with Gasteiger partial charge in [0.2, 0.25) is 0 Å². The second-order valence-corrected chi connectivity index (χ2v) is 7.24. The van der Waals surface area contributed by atoms with Crippen molar-refractivity contribution in [3.8, 4) is 0 Å². The number of rotatable bonds is 6. The number of likely N-dealkylation sites (N-methyl/N-ethyl adjacent to an activating group) is 1. The Balaban J connectivity index is 1.66. The minimum absolute atomic E-state index is 0.177. The molecule has 0 aliphatic carbocycles. The highest BCUT2D eigenvalue weighted by molar-refractivity contribution is 5.91. The van der Waals surface area contributed by atoms with Gasteiger partial charge < -0.3 is 20.4 Å². The number of para-hydroxylation sites is 1. The topological polar surface area (TPSA) is 60.5 Å². The third-order valence-corrected chi connectivity index (χ3v) is 5.35. The molecule has 2 aromatic rings. The average molecular weight is 382 g/mol. The molecule has 1 aliphatic heterocycles. The molecule has 1 fully saturated rings. The van der Waals surface area contributed by atoms with E-state index in [0.717, 1.165) is 67.2 Å². The second-order valence-electron chi connectivity index (χ2n) is 7.24. The quantitative estimate of drug-likeness (QED) is 0.806. The van der Waals surface area contributed by atoms with Crippen LogP contribution in [0, 0.1) is 0 Å². The number of nitrogens with zero attached hydrogens (tertiary/aromatic N) is 3. The lowest BCUT2D eigenvalue weighted by Crippen LogP contribution is -2.45. The molecule has 1 aromatic heterocycles. The maximum atomic E-state index is 12.6. The lowest BCUT2D eigenvalue weighted by Gasteiger charge is -2.34. The van der Waals surface area contributed by atoms with Crippen LogP contribution in [0.1, 0.15) is 30.5 Å². The summed E-state index contributed by atoms with van der Waals surface area (Å²) in [5, 5.41) is 6.08. The highest BCUT2D eigenvalue weighted by Crippen LogP contribution is 2.23. The number of anilines is 2. The van der Waals surface area contributed by atoms with E-state index >= 15 is 0 Å². The molecule has 0 unspecified atom stereocenters. The van der Waals surface area contributed by atoms with E-state index in [9.17, 15) is 4.79 Å². The number of aromatic nitrogens is 1. The predicted molar refractivity (Wildman–Crippen MR) is 115 cm³/mol. The summed E-state index contributed by atoms with van der Waals surface area (Å²) in [6.45, 7) is 8.63. The standard InChI is InChI=1S/C22H31N5O/c1-4-17-8-6-9-18(5-2)20(17)25-22(28)24-16-19-10-7-11-23-21(19)27-14-12-26(3)13-15-27/h6-11H,4-5,12-16H2,1-3H3,(H2,24,25,28). The number of amides is 2. The van der Waals surface area contributed by atoms with Crippen molar-refractivity contribution in [1.82, 2.24) is 15.2 Å². The van der Waals surface area contributed by atoms with Crippen LogP contribution >= 0.6 is 0 Å². The normalized spacial score (nSPS) is 14.8. The zero-order valence-corrected chi connectivity index (χ0v) is 17.2. The van der Waals surface area contributed by atoms with Crippen molar-refractivity contribution < 1.29 is 4.79 Å². The first-order valence-corrected chi connectivity index (χ1v) is 10.1. The first-order valence-electron chi connectivity index (χ1n) is 10.1. The van der Waals surface area contributed by atoms with Gasteiger partial charge in [-0.2, -0.15) is 0 Å². The second kappa shape index (κ2) is 9.55. The van der Waals surface area contributed by atoms with Gasteiger partial charge in [0.15, 0.2) is 0 Å². The van der Waals surface area contributed by atoms with E-state index in [1.807, 2.05) is 18.3 Å². The molecule has 0 bridgehead atoms. The van der Waals surface area contributed by atoms with Crippen LogP contribution in [0.3, 0.4) is 0 Å². The van der Waals surface area contributed by atoms with Crippen LogP contribution in [0.15, 0.2) is 36.5 Å². The highest BCUT2D eigenvalue weighted by atomic mass is 16.2. The van der Waals surface area contributed by atoms with Crippen molar-refractivity contribution in [3.05, 3.63) is 53.2 Å². The van der Waals surface area contributed by atoms with Crippen molar-refractivity contribution in [1.29, 1.82) is 0 Å². The Hall–Kier alpha value is -2.60. The van der Waals surface area contributed by atoms with Gasteiger partial charge in [0.1, 0.15) is 5.82 Å². The number of carbonyl (C=O) groups is 1. The largest absolute Gasteiger partial charge is 0.354 e. The van der Waals surface area contributed by atoms with Crippen molar-refractivity contribution >= 4 is 17.5 Å². The van der Waals surface area contributed by atoms with Gasteiger partial charge in [0.05, 0.1) is 0 Å². The van der Waals surface area contributed by atoms with Crippen LogP contribution < -0.4 is 15.5 Å². The lowest BCUT2D eigenvalue weighted by atomic mass is 10.0. The van der Waals surface area contributed by atoms with Gasteiger partial charge >= 0.3 is 6.03 Å². The first kappa shape index (κ1) is 20.1. The number of nitrogens with one attached hydrogen (secondary N) is 2.